The molecule has 1 aromatic rings. The predicted octanol–water partition coefficient (Wildman–Crippen LogP) is 2.22. The maximum atomic E-state index is 12.6. The Balaban J connectivity index is 3.25. The van der Waals surface area contributed by atoms with E-state index in [4.69, 9.17) is 5.73 Å². The lowest BCUT2D eigenvalue weighted by Crippen LogP contribution is -2.42. The number of sulfone groups is 1. The van der Waals surface area contributed by atoms with E-state index in [0.29, 0.717) is 6.42 Å². The summed E-state index contributed by atoms with van der Waals surface area (Å²) >= 11 is 0. The fourth-order valence-corrected chi connectivity index (χ4v) is 2.41. The molecule has 0 saturated heterocycles. The van der Waals surface area contributed by atoms with E-state index < -0.39 is 26.0 Å². The molecule has 108 valence electrons. The zero-order valence-corrected chi connectivity index (χ0v) is 11.7. The monoisotopic (exact) mass is 292 g/mol. The van der Waals surface area contributed by atoms with Crippen LogP contribution in [0.1, 0.15) is 20.3 Å². The van der Waals surface area contributed by atoms with Gasteiger partial charge in [0.2, 0.25) is 9.84 Å². The summed E-state index contributed by atoms with van der Waals surface area (Å²) in [5.41, 5.74) is 5.23. The molecule has 7 heteroatoms. The van der Waals surface area contributed by atoms with Crippen LogP contribution in [0.3, 0.4) is 0 Å². The average molecular weight is 292 g/mol. The van der Waals surface area contributed by atoms with Gasteiger partial charge in [-0.05, 0) is 25.5 Å². The van der Waals surface area contributed by atoms with Crippen molar-refractivity contribution in [3.8, 4) is 0 Å². The van der Waals surface area contributed by atoms with E-state index in [0.717, 1.165) is 6.07 Å². The third-order valence-electron chi connectivity index (χ3n) is 3.10. The van der Waals surface area contributed by atoms with Crippen molar-refractivity contribution in [3.63, 3.8) is 0 Å². The number of nitrogens with one attached hydrogen (secondary N) is 1. The lowest BCUT2D eigenvalue weighted by Gasteiger charge is -2.30. The second kappa shape index (κ2) is 5.83. The molecule has 0 radical (unpaired) electrons. The Morgan fingerprint density at radius 1 is 1.37 bits per heavy atom. The van der Waals surface area contributed by atoms with Gasteiger partial charge in [0.05, 0.1) is 10.6 Å². The van der Waals surface area contributed by atoms with E-state index in [-0.39, 0.29) is 12.2 Å². The fraction of sp³-hybridized carbons (Fsp3) is 0.500. The van der Waals surface area contributed by atoms with Crippen LogP contribution in [0.2, 0.25) is 0 Å². The van der Waals surface area contributed by atoms with E-state index in [2.05, 4.69) is 5.32 Å². The number of alkyl halides is 2. The molecule has 0 aliphatic rings. The van der Waals surface area contributed by atoms with Crippen LogP contribution in [0.5, 0.6) is 0 Å². The van der Waals surface area contributed by atoms with Crippen LogP contribution in [0.4, 0.5) is 14.5 Å². The second-order valence-electron chi connectivity index (χ2n) is 4.55. The predicted molar refractivity (Wildman–Crippen MR) is 71.0 cm³/mol. The summed E-state index contributed by atoms with van der Waals surface area (Å²) in [6.45, 7) is 3.94. The van der Waals surface area contributed by atoms with Crippen molar-refractivity contribution < 1.29 is 17.2 Å². The Hall–Kier alpha value is -1.21. The molecule has 0 aromatic heterocycles. The largest absolute Gasteiger partial charge is 0.378 e. The Labute approximate surface area is 111 Å². The van der Waals surface area contributed by atoms with Crippen LogP contribution >= 0.6 is 0 Å². The third kappa shape index (κ3) is 3.42. The van der Waals surface area contributed by atoms with E-state index in [1.165, 1.54) is 12.1 Å². The molecule has 19 heavy (non-hydrogen) atoms. The zero-order valence-electron chi connectivity index (χ0n) is 10.9. The van der Waals surface area contributed by atoms with Gasteiger partial charge in [0, 0.05) is 12.1 Å². The van der Waals surface area contributed by atoms with Crippen molar-refractivity contribution in [2.45, 2.75) is 36.5 Å². The summed E-state index contributed by atoms with van der Waals surface area (Å²) in [6, 6.07) is 5.61. The van der Waals surface area contributed by atoms with Crippen molar-refractivity contribution >= 4 is 15.5 Å². The van der Waals surface area contributed by atoms with Gasteiger partial charge in [-0.1, -0.05) is 19.1 Å². The van der Waals surface area contributed by atoms with E-state index >= 15 is 0 Å². The highest BCUT2D eigenvalue weighted by molar-refractivity contribution is 7.91. The van der Waals surface area contributed by atoms with Gasteiger partial charge in [0.15, 0.2) is 0 Å². The minimum absolute atomic E-state index is 0.151. The first-order valence-electron chi connectivity index (χ1n) is 5.86. The molecule has 0 saturated carbocycles. The normalized spacial score (nSPS) is 15.3. The number of hydrogen-bond acceptors (Lipinski definition) is 4. The summed E-state index contributed by atoms with van der Waals surface area (Å²) < 4.78 is 48.5. The van der Waals surface area contributed by atoms with Crippen LogP contribution in [0.15, 0.2) is 29.2 Å². The smallest absolute Gasteiger partial charge is 0.341 e. The molecule has 4 nitrogen and oxygen atoms in total. The minimum atomic E-state index is -4.63. The summed E-state index contributed by atoms with van der Waals surface area (Å²) in [7, 11) is -4.63. The van der Waals surface area contributed by atoms with Crippen LogP contribution in [-0.2, 0) is 9.84 Å². The minimum Gasteiger partial charge on any atom is -0.378 e. The first-order chi connectivity index (χ1) is 8.77. The molecule has 0 spiro atoms. The lowest BCUT2D eigenvalue weighted by atomic mass is 9.99. The van der Waals surface area contributed by atoms with Gasteiger partial charge in [-0.3, -0.25) is 0 Å². The average Bonchev–Trinajstić information content (AvgIpc) is 2.38. The number of hydrogen-bond donors (Lipinski definition) is 2. The number of halogens is 2. The maximum Gasteiger partial charge on any atom is 0.341 e. The first kappa shape index (κ1) is 15.8. The van der Waals surface area contributed by atoms with Gasteiger partial charge in [0.1, 0.15) is 0 Å². The van der Waals surface area contributed by atoms with E-state index in [1.807, 2.05) is 6.92 Å². The first-order valence-corrected chi connectivity index (χ1v) is 7.41. The molecular formula is C12H18F2N2O2S. The Morgan fingerprint density at radius 2 is 1.95 bits per heavy atom. The van der Waals surface area contributed by atoms with Crippen molar-refractivity contribution in [3.05, 3.63) is 24.3 Å². The van der Waals surface area contributed by atoms with Crippen molar-refractivity contribution in [1.29, 1.82) is 0 Å². The summed E-state index contributed by atoms with van der Waals surface area (Å²) in [5.74, 6) is -3.44. The molecule has 0 aliphatic heterocycles. The maximum absolute atomic E-state index is 12.6. The lowest BCUT2D eigenvalue weighted by molar-refractivity contribution is 0.235. The molecule has 0 bridgehead atoms. The SMILES string of the molecule is CCC(C)(CN)Nc1ccccc1S(=O)(=O)C(F)F. The number of benzene rings is 1. The van der Waals surface area contributed by atoms with Crippen LogP contribution in [0.25, 0.3) is 0 Å². The standard InChI is InChI=1S/C12H18F2N2O2S/c1-3-12(2,8-15)16-9-6-4-5-7-10(9)19(17,18)11(13)14/h4-7,11,16H,3,8,15H2,1-2H3. The van der Waals surface area contributed by atoms with Gasteiger partial charge >= 0.3 is 5.76 Å². The molecule has 1 rings (SSSR count). The quantitative estimate of drug-likeness (QED) is 0.843. The number of nitrogens with two attached hydrogens (primary N) is 1. The topological polar surface area (TPSA) is 72.2 Å². The van der Waals surface area contributed by atoms with Crippen molar-refractivity contribution in [2.24, 2.45) is 5.73 Å². The van der Waals surface area contributed by atoms with Crippen molar-refractivity contribution in [1.82, 2.24) is 0 Å². The number of rotatable bonds is 6. The molecule has 3 N–H and O–H groups in total. The Kier molecular flexibility index (Phi) is 4.86. The summed E-state index contributed by atoms with van der Waals surface area (Å²) in [5, 5.41) is 2.95. The molecule has 0 fully saturated rings. The summed E-state index contributed by atoms with van der Waals surface area (Å²) in [6.07, 6.45) is 0.632. The van der Waals surface area contributed by atoms with Gasteiger partial charge in [-0.2, -0.15) is 8.78 Å². The number of para-hydroxylation sites is 1. The molecule has 0 heterocycles. The molecule has 1 aromatic carbocycles. The van der Waals surface area contributed by atoms with E-state index in [9.17, 15) is 17.2 Å². The van der Waals surface area contributed by atoms with Gasteiger partial charge in [-0.25, -0.2) is 8.42 Å². The molecule has 1 unspecified atom stereocenters. The van der Waals surface area contributed by atoms with Crippen molar-refractivity contribution in [2.75, 3.05) is 11.9 Å². The molecule has 0 aliphatic carbocycles. The molecule has 0 amide bonds. The number of anilines is 1. The van der Waals surface area contributed by atoms with Gasteiger partial charge < -0.3 is 11.1 Å². The Bertz CT molecular complexity index is 528. The summed E-state index contributed by atoms with van der Waals surface area (Å²) in [4.78, 5) is -0.405. The highest BCUT2D eigenvalue weighted by atomic mass is 32.2. The van der Waals surface area contributed by atoms with Gasteiger partial charge in [-0.15, -0.1) is 0 Å². The molecule has 1 atom stereocenters. The van der Waals surface area contributed by atoms with Crippen LogP contribution in [0, 0.1) is 0 Å². The van der Waals surface area contributed by atoms with Crippen LogP contribution < -0.4 is 11.1 Å². The second-order valence-corrected chi connectivity index (χ2v) is 6.43. The molecular weight excluding hydrogens is 274 g/mol. The zero-order chi connectivity index (χ0) is 14.7. The third-order valence-corrected chi connectivity index (χ3v) is 4.53. The Morgan fingerprint density at radius 3 is 2.42 bits per heavy atom. The highest BCUT2D eigenvalue weighted by Crippen LogP contribution is 2.28. The fourth-order valence-electron chi connectivity index (χ4n) is 1.52. The van der Waals surface area contributed by atoms with E-state index in [1.54, 1.807) is 13.0 Å². The van der Waals surface area contributed by atoms with Gasteiger partial charge in [0.25, 0.3) is 0 Å². The van der Waals surface area contributed by atoms with Crippen LogP contribution in [-0.4, -0.2) is 26.3 Å². The highest BCUT2D eigenvalue weighted by Gasteiger charge is 2.30.